The van der Waals surface area contributed by atoms with Gasteiger partial charge < -0.3 is 4.57 Å². The van der Waals surface area contributed by atoms with E-state index in [1.807, 2.05) is 37.3 Å². The van der Waals surface area contributed by atoms with Crippen molar-refractivity contribution in [2.45, 2.75) is 19.6 Å². The van der Waals surface area contributed by atoms with E-state index in [-0.39, 0.29) is 0 Å². The van der Waals surface area contributed by atoms with Crippen LogP contribution >= 0.6 is 15.9 Å². The van der Waals surface area contributed by atoms with Crippen molar-refractivity contribution in [2.75, 3.05) is 5.43 Å². The minimum atomic E-state index is -4.35. The van der Waals surface area contributed by atoms with Crippen LogP contribution in [0.3, 0.4) is 0 Å². The number of rotatable bonds is 5. The molecular weight excluding hydrogens is 467 g/mol. The van der Waals surface area contributed by atoms with Gasteiger partial charge in [-0.3, -0.25) is 5.43 Å². The first-order valence-corrected chi connectivity index (χ1v) is 10.4. The predicted octanol–water partition coefficient (Wildman–Crippen LogP) is 7.23. The van der Waals surface area contributed by atoms with E-state index in [9.17, 15) is 13.2 Å². The number of nitrogens with one attached hydrogen (secondary N) is 1. The lowest BCUT2D eigenvalue weighted by molar-refractivity contribution is -0.137. The molecule has 3 aromatic carbocycles. The van der Waals surface area contributed by atoms with Gasteiger partial charge in [0.1, 0.15) is 0 Å². The van der Waals surface area contributed by atoms with E-state index in [2.05, 4.69) is 49.2 Å². The second-order valence-corrected chi connectivity index (χ2v) is 8.09. The normalized spacial score (nSPS) is 12.0. The van der Waals surface area contributed by atoms with Crippen LogP contribution in [0, 0.1) is 6.92 Å². The monoisotopic (exact) mass is 485 g/mol. The first-order valence-electron chi connectivity index (χ1n) is 9.61. The van der Waals surface area contributed by atoms with Crippen molar-refractivity contribution in [3.63, 3.8) is 0 Å². The Hall–Kier alpha value is -3.06. The number of aromatic nitrogens is 1. The van der Waals surface area contributed by atoms with Crippen LogP contribution < -0.4 is 5.43 Å². The standard InChI is InChI=1S/C24H19BrF3N3/c1-16-22(14-29-30-20-12-8-18(9-13-20)24(26,27)28)21-4-2-3-5-23(21)31(16)15-17-6-10-19(25)11-7-17/h2-14,30H,15H2,1H3/b29-14+. The van der Waals surface area contributed by atoms with E-state index in [0.29, 0.717) is 5.69 Å². The van der Waals surface area contributed by atoms with Gasteiger partial charge in [0, 0.05) is 33.2 Å². The molecule has 1 N–H and O–H groups in total. The van der Waals surface area contributed by atoms with Crippen molar-refractivity contribution >= 4 is 38.7 Å². The molecule has 3 nitrogen and oxygen atoms in total. The van der Waals surface area contributed by atoms with E-state index in [1.165, 1.54) is 17.7 Å². The minimum Gasteiger partial charge on any atom is -0.340 e. The van der Waals surface area contributed by atoms with Gasteiger partial charge in [-0.15, -0.1) is 0 Å². The highest BCUT2D eigenvalue weighted by Gasteiger charge is 2.29. The fourth-order valence-corrected chi connectivity index (χ4v) is 3.77. The molecule has 1 heterocycles. The van der Waals surface area contributed by atoms with Gasteiger partial charge >= 0.3 is 6.18 Å². The second-order valence-electron chi connectivity index (χ2n) is 7.17. The SMILES string of the molecule is Cc1c(/C=N/Nc2ccc(C(F)(F)F)cc2)c2ccccc2n1Cc1ccc(Br)cc1. The Labute approximate surface area is 186 Å². The van der Waals surface area contributed by atoms with Gasteiger partial charge in [-0.05, 0) is 55.0 Å². The zero-order valence-corrected chi connectivity index (χ0v) is 18.2. The molecule has 0 saturated carbocycles. The first-order chi connectivity index (χ1) is 14.8. The molecule has 4 rings (SSSR count). The Morgan fingerprint density at radius 1 is 0.968 bits per heavy atom. The molecule has 0 radical (unpaired) electrons. The second kappa shape index (κ2) is 8.59. The van der Waals surface area contributed by atoms with Crippen molar-refractivity contribution in [2.24, 2.45) is 5.10 Å². The van der Waals surface area contributed by atoms with E-state index in [1.54, 1.807) is 6.21 Å². The van der Waals surface area contributed by atoms with Gasteiger partial charge in [0.2, 0.25) is 0 Å². The summed E-state index contributed by atoms with van der Waals surface area (Å²) in [6.07, 6.45) is -2.64. The quantitative estimate of drug-likeness (QED) is 0.234. The number of nitrogens with zero attached hydrogens (tertiary/aromatic N) is 2. The van der Waals surface area contributed by atoms with Crippen molar-refractivity contribution < 1.29 is 13.2 Å². The van der Waals surface area contributed by atoms with E-state index < -0.39 is 11.7 Å². The number of hydrazone groups is 1. The zero-order chi connectivity index (χ0) is 22.0. The predicted molar refractivity (Wildman–Crippen MR) is 123 cm³/mol. The van der Waals surface area contributed by atoms with E-state index >= 15 is 0 Å². The van der Waals surface area contributed by atoms with Crippen LogP contribution in [0.25, 0.3) is 10.9 Å². The summed E-state index contributed by atoms with van der Waals surface area (Å²) in [5, 5.41) is 5.34. The fraction of sp³-hybridized carbons (Fsp3) is 0.125. The Balaban J connectivity index is 1.60. The molecule has 0 bridgehead atoms. The summed E-state index contributed by atoms with van der Waals surface area (Å²) in [5.74, 6) is 0. The van der Waals surface area contributed by atoms with Gasteiger partial charge in [0.05, 0.1) is 17.5 Å². The number of fused-ring (bicyclic) bond motifs is 1. The maximum atomic E-state index is 12.7. The van der Waals surface area contributed by atoms with Crippen LogP contribution in [0.15, 0.2) is 82.4 Å². The molecule has 0 amide bonds. The average Bonchev–Trinajstić information content (AvgIpc) is 3.01. The molecule has 0 aliphatic heterocycles. The molecule has 0 atom stereocenters. The van der Waals surface area contributed by atoms with Crippen molar-refractivity contribution in [3.8, 4) is 0 Å². The molecule has 7 heteroatoms. The first kappa shape index (κ1) is 21.2. The highest BCUT2D eigenvalue weighted by Crippen LogP contribution is 2.30. The Kier molecular flexibility index (Phi) is 5.87. The van der Waals surface area contributed by atoms with Gasteiger partial charge in [0.15, 0.2) is 0 Å². The lowest BCUT2D eigenvalue weighted by atomic mass is 10.1. The lowest BCUT2D eigenvalue weighted by Crippen LogP contribution is -2.04. The summed E-state index contributed by atoms with van der Waals surface area (Å²) in [6, 6.07) is 21.1. The number of benzene rings is 3. The van der Waals surface area contributed by atoms with Crippen LogP contribution in [0.5, 0.6) is 0 Å². The van der Waals surface area contributed by atoms with Crippen molar-refractivity contribution in [1.29, 1.82) is 0 Å². The van der Waals surface area contributed by atoms with Crippen LogP contribution in [-0.4, -0.2) is 10.8 Å². The van der Waals surface area contributed by atoms with E-state index in [4.69, 9.17) is 0 Å². The topological polar surface area (TPSA) is 29.3 Å². The molecule has 0 spiro atoms. The summed E-state index contributed by atoms with van der Waals surface area (Å²) in [5.41, 5.74) is 6.91. The average molecular weight is 486 g/mol. The maximum Gasteiger partial charge on any atom is 0.416 e. The van der Waals surface area contributed by atoms with Crippen LogP contribution in [0.1, 0.15) is 22.4 Å². The fourth-order valence-electron chi connectivity index (χ4n) is 3.50. The lowest BCUT2D eigenvalue weighted by Gasteiger charge is -2.09. The highest BCUT2D eigenvalue weighted by atomic mass is 79.9. The summed E-state index contributed by atoms with van der Waals surface area (Å²) >= 11 is 3.46. The number of anilines is 1. The van der Waals surface area contributed by atoms with Gasteiger partial charge in [-0.1, -0.05) is 46.3 Å². The number of hydrogen-bond acceptors (Lipinski definition) is 2. The van der Waals surface area contributed by atoms with Crippen molar-refractivity contribution in [1.82, 2.24) is 4.57 Å². The smallest absolute Gasteiger partial charge is 0.340 e. The molecule has 4 aromatic rings. The van der Waals surface area contributed by atoms with Crippen LogP contribution in [0.2, 0.25) is 0 Å². The van der Waals surface area contributed by atoms with Crippen molar-refractivity contribution in [3.05, 3.63) is 99.7 Å². The Morgan fingerprint density at radius 3 is 2.32 bits per heavy atom. The molecule has 0 unspecified atom stereocenters. The number of para-hydroxylation sites is 1. The van der Waals surface area contributed by atoms with Crippen LogP contribution in [0.4, 0.5) is 18.9 Å². The molecule has 31 heavy (non-hydrogen) atoms. The third kappa shape index (κ3) is 4.66. The number of halogens is 4. The zero-order valence-electron chi connectivity index (χ0n) is 16.6. The summed E-state index contributed by atoms with van der Waals surface area (Å²) in [4.78, 5) is 0. The Morgan fingerprint density at radius 2 is 1.65 bits per heavy atom. The summed E-state index contributed by atoms with van der Waals surface area (Å²) < 4.78 is 41.4. The molecular formula is C24H19BrF3N3. The minimum absolute atomic E-state index is 0.487. The van der Waals surface area contributed by atoms with E-state index in [0.717, 1.165) is 45.3 Å². The third-order valence-corrected chi connectivity index (χ3v) is 5.66. The summed E-state index contributed by atoms with van der Waals surface area (Å²) in [7, 11) is 0. The molecule has 0 aliphatic rings. The molecule has 1 aromatic heterocycles. The number of hydrogen-bond donors (Lipinski definition) is 1. The molecule has 0 fully saturated rings. The molecule has 0 saturated heterocycles. The largest absolute Gasteiger partial charge is 0.416 e. The maximum absolute atomic E-state index is 12.7. The Bertz CT molecular complexity index is 1220. The highest BCUT2D eigenvalue weighted by molar-refractivity contribution is 9.10. The molecule has 0 aliphatic carbocycles. The molecule has 158 valence electrons. The van der Waals surface area contributed by atoms with Crippen LogP contribution in [-0.2, 0) is 12.7 Å². The summed E-state index contributed by atoms with van der Waals surface area (Å²) in [6.45, 7) is 2.76. The third-order valence-electron chi connectivity index (χ3n) is 5.13. The van der Waals surface area contributed by atoms with Gasteiger partial charge in [-0.2, -0.15) is 18.3 Å². The van der Waals surface area contributed by atoms with Gasteiger partial charge in [-0.25, -0.2) is 0 Å². The number of alkyl halides is 3. The van der Waals surface area contributed by atoms with Gasteiger partial charge in [0.25, 0.3) is 0 Å².